The van der Waals surface area contributed by atoms with Crippen LogP contribution in [0.15, 0.2) is 47.1 Å². The van der Waals surface area contributed by atoms with Crippen LogP contribution < -0.4 is 0 Å². The fourth-order valence-electron chi connectivity index (χ4n) is 8.80. The van der Waals surface area contributed by atoms with Crippen LogP contribution in [-0.2, 0) is 59.0 Å². The number of nitrogens with zero attached hydrogens (tertiary/aromatic N) is 2. The van der Waals surface area contributed by atoms with Crippen molar-refractivity contribution in [3.8, 4) is 11.8 Å². The van der Waals surface area contributed by atoms with Crippen molar-refractivity contribution < 1.29 is 32.3 Å². The van der Waals surface area contributed by atoms with Crippen molar-refractivity contribution in [1.29, 1.82) is 0 Å². The maximum absolute atomic E-state index is 12.4. The zero-order chi connectivity index (χ0) is 33.9. The Morgan fingerprint density at radius 3 is 2.39 bits per heavy atom. The van der Waals surface area contributed by atoms with E-state index in [0.29, 0.717) is 24.8 Å². The van der Waals surface area contributed by atoms with Crippen molar-refractivity contribution in [3.05, 3.63) is 63.5 Å². The van der Waals surface area contributed by atoms with Crippen LogP contribution in [0.3, 0.4) is 0 Å². The number of carbonyl (C=O) groups is 1. The Morgan fingerprint density at radius 2 is 1.76 bits per heavy atom. The van der Waals surface area contributed by atoms with Crippen molar-refractivity contribution in [2.24, 2.45) is 17.3 Å². The fourth-order valence-corrected chi connectivity index (χ4v) is 9.08. The van der Waals surface area contributed by atoms with Gasteiger partial charge in [0.1, 0.15) is 5.60 Å². The van der Waals surface area contributed by atoms with Gasteiger partial charge < -0.3 is 40.6 Å². The minimum atomic E-state index is -0.956. The predicted molar refractivity (Wildman–Crippen MR) is 187 cm³/mol. The molecule has 0 unspecified atom stereocenters. The second kappa shape index (κ2) is 15.2. The third-order valence-corrected chi connectivity index (χ3v) is 10.9. The standard InChI is InChI=1S/C38H53N2O2S2.O.Tc/c1-7-17-38(42)18-16-33-31-14-12-28-21-29(41)13-15-30(28)34(31)32(22-37(33,38)6)27-10-8-26(9-11-27)23-40(25-36(4,5)44)20-19-39-24-35(2,3)43;;/h8-11,21,31-33,42-44H,12-16,18-20,22-25H2,1-6H3;;/q-1;;+4/p-2/t31-,32+,33-,37-,38-;;/m0../s1/i;;1+1. The molecular formula is C38H51N2O3S2Tc+. The van der Waals surface area contributed by atoms with E-state index in [1.807, 2.05) is 26.8 Å². The summed E-state index contributed by atoms with van der Waals surface area (Å²) >= 11 is 12.2. The summed E-state index contributed by atoms with van der Waals surface area (Å²) in [5, 5.41) is 16.7. The molecule has 0 aliphatic heterocycles. The summed E-state index contributed by atoms with van der Waals surface area (Å²) < 4.78 is 7.79. The van der Waals surface area contributed by atoms with Crippen LogP contribution in [0, 0.1) is 29.1 Å². The van der Waals surface area contributed by atoms with Crippen LogP contribution >= 0.6 is 0 Å². The molecule has 0 saturated heterocycles. The molecule has 0 aromatic heterocycles. The molecule has 2 saturated carbocycles. The molecule has 0 bridgehead atoms. The molecule has 0 heterocycles. The number of rotatable bonds is 10. The quantitative estimate of drug-likeness (QED) is 0.157. The Balaban J connectivity index is 0.00000235. The Kier molecular flexibility index (Phi) is 12.5. The van der Waals surface area contributed by atoms with Gasteiger partial charge >= 0.3 is 22.4 Å². The van der Waals surface area contributed by atoms with Crippen molar-refractivity contribution in [1.82, 2.24) is 4.90 Å². The van der Waals surface area contributed by atoms with Crippen LogP contribution in [0.25, 0.3) is 5.32 Å². The van der Waals surface area contributed by atoms with Gasteiger partial charge in [0.25, 0.3) is 0 Å². The van der Waals surface area contributed by atoms with Gasteiger partial charge in [-0.3, -0.25) is 4.79 Å². The normalized spacial score (nSPS) is 29.2. The van der Waals surface area contributed by atoms with E-state index in [4.69, 9.17) is 34.1 Å². The molecule has 5 rings (SSSR count). The summed E-state index contributed by atoms with van der Waals surface area (Å²) in [7, 11) is 0. The number of ketones is 1. The summed E-state index contributed by atoms with van der Waals surface area (Å²) in [4.78, 5) is 14.8. The number of benzene rings is 1. The molecule has 0 amide bonds. The molecule has 249 valence electrons. The Labute approximate surface area is 299 Å². The second-order valence-corrected chi connectivity index (χ2v) is 17.6. The number of allylic oxidation sites excluding steroid dienone is 4. The van der Waals surface area contributed by atoms with Gasteiger partial charge in [-0.25, -0.2) is 0 Å². The van der Waals surface area contributed by atoms with E-state index in [1.54, 1.807) is 5.57 Å². The number of carbonyl (C=O) groups excluding carboxylic acids is 1. The first-order valence-corrected chi connectivity index (χ1v) is 18.3. The first-order valence-electron chi connectivity index (χ1n) is 16.8. The van der Waals surface area contributed by atoms with E-state index >= 15 is 0 Å². The van der Waals surface area contributed by atoms with Gasteiger partial charge in [0.15, 0.2) is 5.78 Å². The number of fused-ring (bicyclic) bond motifs is 4. The first kappa shape index (κ1) is 37.8. The molecule has 1 aromatic rings. The van der Waals surface area contributed by atoms with E-state index in [0.717, 1.165) is 83.6 Å². The van der Waals surface area contributed by atoms with Gasteiger partial charge in [0, 0.05) is 24.3 Å². The summed E-state index contributed by atoms with van der Waals surface area (Å²) in [5.41, 5.74) is 5.63. The van der Waals surface area contributed by atoms with Crippen molar-refractivity contribution >= 4 is 31.0 Å². The van der Waals surface area contributed by atoms with Gasteiger partial charge in [-0.15, -0.1) is 17.2 Å². The molecule has 1 aromatic carbocycles. The van der Waals surface area contributed by atoms with Crippen LogP contribution in [0.1, 0.15) is 104 Å². The third-order valence-electron chi connectivity index (χ3n) is 10.7. The van der Waals surface area contributed by atoms with Gasteiger partial charge in [0.2, 0.25) is 0 Å². The zero-order valence-electron chi connectivity index (χ0n) is 28.5. The third kappa shape index (κ3) is 8.57. The molecule has 5 nitrogen and oxygen atoms in total. The molecule has 2 fully saturated rings. The van der Waals surface area contributed by atoms with E-state index in [9.17, 15) is 9.90 Å². The average molecular weight is 747 g/mol. The van der Waals surface area contributed by atoms with Crippen LogP contribution in [0.4, 0.5) is 0 Å². The number of aliphatic hydroxyl groups is 1. The number of hydrogen-bond donors (Lipinski definition) is 1. The minimum absolute atomic E-state index is 0.206. The van der Waals surface area contributed by atoms with Crippen molar-refractivity contribution in [2.45, 2.75) is 114 Å². The molecule has 1 N–H and O–H groups in total. The van der Waals surface area contributed by atoms with E-state index in [-0.39, 0.29) is 26.6 Å². The van der Waals surface area contributed by atoms with Gasteiger partial charge in [0.05, 0.1) is 0 Å². The van der Waals surface area contributed by atoms with E-state index in [1.165, 1.54) is 22.3 Å². The Bertz CT molecular complexity index is 1380. The molecular weight excluding hydrogens is 695 g/mol. The number of hydrogen-bond acceptors (Lipinski definition) is 6. The summed E-state index contributed by atoms with van der Waals surface area (Å²) in [6.45, 7) is 16.4. The average Bonchev–Trinajstić information content (AvgIpc) is 3.24. The SMILES string of the molecule is CC#C[C@]1(O)CC[C@H]2[C@@H]3CCC4=CC(=O)CCC4=C3[C@@H](c3ccc(CN(CC[N-]CC(C)(C)[S-])CC(C)(C)[S-])cc3)C[C@@]21C.[O]=[99Tc+4]. The van der Waals surface area contributed by atoms with Crippen LogP contribution in [0.5, 0.6) is 0 Å². The molecule has 0 radical (unpaired) electrons. The van der Waals surface area contributed by atoms with Gasteiger partial charge in [-0.05, 0) is 98.7 Å². The molecule has 0 spiro atoms. The molecule has 4 aliphatic carbocycles. The van der Waals surface area contributed by atoms with Gasteiger partial charge in [-0.2, -0.15) is 11.3 Å². The maximum atomic E-state index is 12.4. The van der Waals surface area contributed by atoms with Crippen molar-refractivity contribution in [2.75, 3.05) is 26.2 Å². The van der Waals surface area contributed by atoms with Crippen molar-refractivity contribution in [3.63, 3.8) is 0 Å². The molecule has 46 heavy (non-hydrogen) atoms. The Hall–Kier alpha value is -1.04. The topological polar surface area (TPSA) is 71.7 Å². The summed E-state index contributed by atoms with van der Waals surface area (Å²) in [6, 6.07) is 9.21. The molecule has 8 heteroatoms. The monoisotopic (exact) mass is 746 g/mol. The van der Waals surface area contributed by atoms with E-state index < -0.39 is 5.60 Å². The fraction of sp³-hybridized carbons (Fsp3) is 0.658. The Morgan fingerprint density at radius 1 is 1.07 bits per heavy atom. The molecule has 4 aliphatic rings. The van der Waals surface area contributed by atoms with E-state index in [2.05, 4.69) is 61.8 Å². The zero-order valence-corrected chi connectivity index (χ0v) is 31.9. The van der Waals surface area contributed by atoms with Gasteiger partial charge in [-0.1, -0.05) is 70.4 Å². The first-order chi connectivity index (χ1) is 21.6. The van der Waals surface area contributed by atoms with Crippen LogP contribution in [-0.4, -0.2) is 57.1 Å². The second-order valence-electron chi connectivity index (χ2n) is 15.3. The van der Waals surface area contributed by atoms with Crippen LogP contribution in [0.2, 0.25) is 0 Å². The predicted octanol–water partition coefficient (Wildman–Crippen LogP) is 7.05. The summed E-state index contributed by atoms with van der Waals surface area (Å²) in [6.07, 6.45) is 8.06. The molecule has 5 atom stereocenters. The summed E-state index contributed by atoms with van der Waals surface area (Å²) in [5.74, 6) is 7.67.